The quantitative estimate of drug-likeness (QED) is 0.778. The van der Waals surface area contributed by atoms with Crippen molar-refractivity contribution in [2.75, 3.05) is 42.9 Å². The zero-order chi connectivity index (χ0) is 20.6. The third-order valence-corrected chi connectivity index (χ3v) is 5.52. The fraction of sp³-hybridized carbons (Fsp3) is 0.545. The number of benzene rings is 1. The Hall–Kier alpha value is -2.21. The molecule has 0 unspecified atom stereocenters. The van der Waals surface area contributed by atoms with Crippen molar-refractivity contribution in [1.82, 2.24) is 9.88 Å². The first kappa shape index (κ1) is 20.1. The lowest BCUT2D eigenvalue weighted by atomic mass is 10.1. The number of hydrogen-bond donors (Lipinski definition) is 1. The van der Waals surface area contributed by atoms with Crippen molar-refractivity contribution < 1.29 is 9.53 Å². The summed E-state index contributed by atoms with van der Waals surface area (Å²) in [6.45, 7) is 9.40. The lowest BCUT2D eigenvalue weighted by Crippen LogP contribution is -2.50. The van der Waals surface area contributed by atoms with Crippen LogP contribution in [0.15, 0.2) is 24.3 Å². The van der Waals surface area contributed by atoms with Gasteiger partial charge in [-0.3, -0.25) is 0 Å². The largest absolute Gasteiger partial charge is 0.444 e. The first-order valence-corrected chi connectivity index (χ1v) is 10.7. The fourth-order valence-electron chi connectivity index (χ4n) is 3.52. The van der Waals surface area contributed by atoms with Crippen molar-refractivity contribution in [1.29, 1.82) is 0 Å². The summed E-state index contributed by atoms with van der Waals surface area (Å²) in [6.07, 6.45) is 2.34. The highest BCUT2D eigenvalue weighted by Crippen LogP contribution is 2.33. The van der Waals surface area contributed by atoms with Crippen LogP contribution in [0.1, 0.15) is 33.6 Å². The molecule has 1 aromatic heterocycles. The van der Waals surface area contributed by atoms with Gasteiger partial charge in [-0.1, -0.05) is 17.7 Å². The average molecular weight is 417 g/mol. The number of hydrogen-bond acceptors (Lipinski definition) is 5. The van der Waals surface area contributed by atoms with Gasteiger partial charge in [-0.15, -0.1) is 0 Å². The van der Waals surface area contributed by atoms with Crippen molar-refractivity contribution in [3.63, 3.8) is 0 Å². The van der Waals surface area contributed by atoms with Crippen LogP contribution < -0.4 is 10.2 Å². The number of amides is 1. The predicted octanol–water partition coefficient (Wildman–Crippen LogP) is 4.77. The minimum atomic E-state index is -0.475. The van der Waals surface area contributed by atoms with E-state index in [1.54, 1.807) is 4.90 Å². The number of anilines is 2. The molecule has 2 fully saturated rings. The number of pyridine rings is 1. The van der Waals surface area contributed by atoms with Gasteiger partial charge in [-0.05, 0) is 57.7 Å². The lowest BCUT2D eigenvalue weighted by molar-refractivity contribution is 0.0240. The van der Waals surface area contributed by atoms with E-state index >= 15 is 0 Å². The minimum Gasteiger partial charge on any atom is -0.444 e. The molecule has 0 atom stereocenters. The van der Waals surface area contributed by atoms with E-state index in [4.69, 9.17) is 21.3 Å². The molecule has 0 spiro atoms. The number of carbonyl (C=O) groups is 1. The van der Waals surface area contributed by atoms with E-state index in [2.05, 4.69) is 16.3 Å². The lowest BCUT2D eigenvalue weighted by Gasteiger charge is -2.37. The van der Waals surface area contributed by atoms with E-state index in [-0.39, 0.29) is 6.09 Å². The van der Waals surface area contributed by atoms with Crippen LogP contribution >= 0.6 is 11.6 Å². The molecular weight excluding hydrogens is 388 g/mol. The summed E-state index contributed by atoms with van der Waals surface area (Å²) in [5, 5.41) is 5.31. The monoisotopic (exact) mass is 416 g/mol. The molecule has 4 rings (SSSR count). The van der Waals surface area contributed by atoms with Crippen molar-refractivity contribution in [3.8, 4) is 0 Å². The zero-order valence-corrected chi connectivity index (χ0v) is 18.1. The molecule has 29 heavy (non-hydrogen) atoms. The van der Waals surface area contributed by atoms with Crippen LogP contribution in [0.5, 0.6) is 0 Å². The van der Waals surface area contributed by atoms with Crippen LogP contribution in [0, 0.1) is 5.92 Å². The summed E-state index contributed by atoms with van der Waals surface area (Å²) in [5.41, 5.74) is 1.51. The Balaban J connectivity index is 1.52. The molecule has 2 heterocycles. The van der Waals surface area contributed by atoms with Crippen molar-refractivity contribution >= 4 is 40.1 Å². The normalized spacial score (nSPS) is 17.5. The van der Waals surface area contributed by atoms with Gasteiger partial charge in [0.25, 0.3) is 0 Å². The third kappa shape index (κ3) is 5.04. The summed E-state index contributed by atoms with van der Waals surface area (Å²) in [7, 11) is 0. The maximum absolute atomic E-state index is 12.4. The first-order valence-electron chi connectivity index (χ1n) is 10.4. The van der Waals surface area contributed by atoms with Crippen LogP contribution in [-0.4, -0.2) is 54.3 Å². The number of nitrogens with zero attached hydrogens (tertiary/aromatic N) is 3. The van der Waals surface area contributed by atoms with Gasteiger partial charge in [0.15, 0.2) is 0 Å². The van der Waals surface area contributed by atoms with Crippen LogP contribution in [-0.2, 0) is 4.74 Å². The standard InChI is InChI=1S/C22H29ClN4O2/c1-22(2,3)29-21(28)27-10-8-26(9-11-27)19-12-16-6-7-17(23)13-18(16)25-20(19)24-14-15-4-5-15/h6-7,12-13,15H,4-5,8-11,14H2,1-3H3,(H,24,25). The number of fused-ring (bicyclic) bond motifs is 1. The van der Waals surface area contributed by atoms with Gasteiger partial charge in [-0.2, -0.15) is 0 Å². The van der Waals surface area contributed by atoms with E-state index in [1.165, 1.54) is 12.8 Å². The number of carbonyl (C=O) groups excluding carboxylic acids is 1. The van der Waals surface area contributed by atoms with Gasteiger partial charge >= 0.3 is 6.09 Å². The van der Waals surface area contributed by atoms with Crippen molar-refractivity contribution in [2.45, 2.75) is 39.2 Å². The second kappa shape index (κ2) is 7.90. The summed E-state index contributed by atoms with van der Waals surface area (Å²) in [4.78, 5) is 21.3. The Labute approximate surface area is 177 Å². The number of rotatable bonds is 4. The molecule has 1 saturated carbocycles. The minimum absolute atomic E-state index is 0.240. The second-order valence-electron chi connectivity index (χ2n) is 8.97. The van der Waals surface area contributed by atoms with Gasteiger partial charge in [0.2, 0.25) is 0 Å². The molecule has 1 N–H and O–H groups in total. The average Bonchev–Trinajstić information content (AvgIpc) is 3.49. The summed E-state index contributed by atoms with van der Waals surface area (Å²) in [6, 6.07) is 7.99. The number of ether oxygens (including phenoxy) is 1. The fourth-order valence-corrected chi connectivity index (χ4v) is 3.69. The number of halogens is 1. The van der Waals surface area contributed by atoms with Crippen LogP contribution in [0.4, 0.5) is 16.3 Å². The molecule has 0 radical (unpaired) electrons. The van der Waals surface area contributed by atoms with Crippen molar-refractivity contribution in [2.24, 2.45) is 5.92 Å². The molecule has 1 aliphatic heterocycles. The molecule has 1 aromatic carbocycles. The highest BCUT2D eigenvalue weighted by atomic mass is 35.5. The van der Waals surface area contributed by atoms with E-state index in [1.807, 2.05) is 39.0 Å². The molecule has 156 valence electrons. The molecule has 6 nitrogen and oxygen atoms in total. The maximum atomic E-state index is 12.4. The predicted molar refractivity (Wildman–Crippen MR) is 118 cm³/mol. The maximum Gasteiger partial charge on any atom is 0.410 e. The molecule has 7 heteroatoms. The molecule has 1 amide bonds. The van der Waals surface area contributed by atoms with Gasteiger partial charge in [-0.25, -0.2) is 9.78 Å². The summed E-state index contributed by atoms with van der Waals surface area (Å²) in [5.74, 6) is 1.65. The molecule has 2 aliphatic rings. The van der Waals surface area contributed by atoms with Crippen LogP contribution in [0.3, 0.4) is 0 Å². The topological polar surface area (TPSA) is 57.7 Å². The molecule has 1 aliphatic carbocycles. The Morgan fingerprint density at radius 3 is 2.59 bits per heavy atom. The second-order valence-corrected chi connectivity index (χ2v) is 9.41. The Morgan fingerprint density at radius 2 is 1.93 bits per heavy atom. The molecule has 0 bridgehead atoms. The van der Waals surface area contributed by atoms with E-state index in [0.29, 0.717) is 18.1 Å². The van der Waals surface area contributed by atoms with Gasteiger partial charge < -0.3 is 19.9 Å². The first-order chi connectivity index (χ1) is 13.8. The van der Waals surface area contributed by atoms with Crippen molar-refractivity contribution in [3.05, 3.63) is 29.3 Å². The smallest absolute Gasteiger partial charge is 0.410 e. The van der Waals surface area contributed by atoms with E-state index in [9.17, 15) is 4.79 Å². The summed E-state index contributed by atoms with van der Waals surface area (Å²) < 4.78 is 5.51. The molecular formula is C22H29ClN4O2. The number of piperazine rings is 1. The van der Waals surface area contributed by atoms with Gasteiger partial charge in [0.05, 0.1) is 11.2 Å². The molecule has 1 saturated heterocycles. The SMILES string of the molecule is CC(C)(C)OC(=O)N1CCN(c2cc3ccc(Cl)cc3nc2NCC2CC2)CC1. The van der Waals surface area contributed by atoms with Gasteiger partial charge in [0.1, 0.15) is 11.4 Å². The number of aromatic nitrogens is 1. The highest BCUT2D eigenvalue weighted by Gasteiger charge is 2.28. The summed E-state index contributed by atoms with van der Waals surface area (Å²) >= 11 is 6.17. The van der Waals surface area contributed by atoms with E-state index in [0.717, 1.165) is 48.0 Å². The zero-order valence-electron chi connectivity index (χ0n) is 17.4. The van der Waals surface area contributed by atoms with Gasteiger partial charge in [0, 0.05) is 43.1 Å². The highest BCUT2D eigenvalue weighted by molar-refractivity contribution is 6.31. The van der Waals surface area contributed by atoms with E-state index < -0.39 is 5.60 Å². The number of nitrogens with one attached hydrogen (secondary N) is 1. The Bertz CT molecular complexity index is 900. The Kier molecular flexibility index (Phi) is 5.47. The molecule has 2 aromatic rings. The Morgan fingerprint density at radius 1 is 1.21 bits per heavy atom. The third-order valence-electron chi connectivity index (χ3n) is 5.29. The van der Waals surface area contributed by atoms with Crippen LogP contribution in [0.2, 0.25) is 5.02 Å². The van der Waals surface area contributed by atoms with Crippen LogP contribution in [0.25, 0.3) is 10.9 Å².